The zero-order valence-electron chi connectivity index (χ0n) is 11.1. The molecule has 0 aromatic heterocycles. The first kappa shape index (κ1) is 12.8. The van der Waals surface area contributed by atoms with Gasteiger partial charge in [-0.3, -0.25) is 0 Å². The fourth-order valence-electron chi connectivity index (χ4n) is 4.08. The summed E-state index contributed by atoms with van der Waals surface area (Å²) in [5.74, 6) is -0.988. The van der Waals surface area contributed by atoms with Gasteiger partial charge in [0.15, 0.2) is 0 Å². The monoisotopic (exact) mass is 265 g/mol. The van der Waals surface area contributed by atoms with Gasteiger partial charge in [0.05, 0.1) is 12.0 Å². The third-order valence-electron chi connectivity index (χ3n) is 4.99. The van der Waals surface area contributed by atoms with Gasteiger partial charge in [0.2, 0.25) is 0 Å². The predicted octanol–water partition coefficient (Wildman–Crippen LogP) is 0.631. The molecule has 0 radical (unpaired) electrons. The van der Waals surface area contributed by atoms with Gasteiger partial charge in [-0.25, -0.2) is 4.79 Å². The van der Waals surface area contributed by atoms with Crippen LogP contribution < -0.4 is 10.4 Å². The van der Waals surface area contributed by atoms with E-state index in [1.54, 1.807) is 4.90 Å². The van der Waals surface area contributed by atoms with E-state index < -0.39 is 12.0 Å². The number of piperidine rings is 1. The summed E-state index contributed by atoms with van der Waals surface area (Å²) in [6.45, 7) is 0. The molecule has 2 amide bonds. The lowest BCUT2D eigenvalue weighted by atomic mass is 9.95. The molecule has 1 saturated heterocycles. The molecule has 3 rings (SSSR count). The first-order valence-electron chi connectivity index (χ1n) is 7.46. The lowest BCUT2D eigenvalue weighted by molar-refractivity contribution is -0.312. The van der Waals surface area contributed by atoms with E-state index in [0.29, 0.717) is 0 Å². The molecule has 5 nitrogen and oxygen atoms in total. The van der Waals surface area contributed by atoms with E-state index in [1.165, 1.54) is 6.42 Å². The zero-order chi connectivity index (χ0) is 13.4. The van der Waals surface area contributed by atoms with Gasteiger partial charge >= 0.3 is 6.03 Å². The highest BCUT2D eigenvalue weighted by atomic mass is 16.4. The Labute approximate surface area is 113 Å². The molecule has 2 saturated carbocycles. The molecular formula is C14H21N2O3-. The number of hydrogen-bond acceptors (Lipinski definition) is 3. The highest BCUT2D eigenvalue weighted by Gasteiger charge is 2.48. The summed E-state index contributed by atoms with van der Waals surface area (Å²) < 4.78 is 0. The average molecular weight is 265 g/mol. The molecule has 2 bridgehead atoms. The minimum atomic E-state index is -1.09. The number of fused-ring (bicyclic) bond motifs is 2. The molecule has 1 heterocycles. The third-order valence-corrected chi connectivity index (χ3v) is 4.99. The SMILES string of the molecule is O=C([O-])[C@H]1[C@H]2CC[C@H](C2)N1C(=O)NC1CCCCC1. The van der Waals surface area contributed by atoms with Gasteiger partial charge in [-0.15, -0.1) is 0 Å². The van der Waals surface area contributed by atoms with Crippen molar-refractivity contribution < 1.29 is 14.7 Å². The average Bonchev–Trinajstić information content (AvgIpc) is 2.99. The zero-order valence-corrected chi connectivity index (χ0v) is 11.1. The number of carboxylic acid groups (broad SMARTS) is 1. The highest BCUT2D eigenvalue weighted by molar-refractivity contribution is 5.83. The molecule has 5 heteroatoms. The summed E-state index contributed by atoms with van der Waals surface area (Å²) in [7, 11) is 0. The number of nitrogens with one attached hydrogen (secondary N) is 1. The minimum Gasteiger partial charge on any atom is -0.548 e. The lowest BCUT2D eigenvalue weighted by Gasteiger charge is -2.37. The van der Waals surface area contributed by atoms with Crippen molar-refractivity contribution in [1.29, 1.82) is 0 Å². The Morgan fingerprint density at radius 2 is 1.79 bits per heavy atom. The predicted molar refractivity (Wildman–Crippen MR) is 67.2 cm³/mol. The Bertz CT molecular complexity index is 379. The Hall–Kier alpha value is -1.26. The van der Waals surface area contributed by atoms with Gasteiger partial charge in [-0.1, -0.05) is 19.3 Å². The van der Waals surface area contributed by atoms with Crippen LogP contribution in [-0.2, 0) is 4.79 Å². The first-order valence-corrected chi connectivity index (χ1v) is 7.46. The summed E-state index contributed by atoms with van der Waals surface area (Å²) >= 11 is 0. The van der Waals surface area contributed by atoms with Crippen LogP contribution in [0.2, 0.25) is 0 Å². The summed E-state index contributed by atoms with van der Waals surface area (Å²) in [6.07, 6.45) is 8.26. The second kappa shape index (κ2) is 5.02. The number of hydrogen-bond donors (Lipinski definition) is 1. The van der Waals surface area contributed by atoms with E-state index >= 15 is 0 Å². The Balaban J connectivity index is 1.66. The van der Waals surface area contributed by atoms with E-state index in [4.69, 9.17) is 0 Å². The number of carboxylic acids is 1. The van der Waals surface area contributed by atoms with Crippen molar-refractivity contribution in [3.8, 4) is 0 Å². The van der Waals surface area contributed by atoms with Crippen molar-refractivity contribution in [1.82, 2.24) is 10.2 Å². The molecule has 3 atom stereocenters. The maximum absolute atomic E-state index is 12.3. The van der Waals surface area contributed by atoms with Crippen LogP contribution in [0, 0.1) is 5.92 Å². The van der Waals surface area contributed by atoms with Crippen LogP contribution in [0.15, 0.2) is 0 Å². The molecule has 19 heavy (non-hydrogen) atoms. The molecule has 0 unspecified atom stereocenters. The van der Waals surface area contributed by atoms with Crippen LogP contribution in [0.5, 0.6) is 0 Å². The fourth-order valence-corrected chi connectivity index (χ4v) is 4.08. The number of carbonyl (C=O) groups excluding carboxylic acids is 2. The summed E-state index contributed by atoms with van der Waals surface area (Å²) in [5, 5.41) is 14.3. The number of urea groups is 1. The molecule has 106 valence electrons. The van der Waals surface area contributed by atoms with Gasteiger partial charge in [0, 0.05) is 12.1 Å². The number of carbonyl (C=O) groups is 2. The number of rotatable bonds is 2. The third kappa shape index (κ3) is 2.30. The van der Waals surface area contributed by atoms with Crippen LogP contribution >= 0.6 is 0 Å². The van der Waals surface area contributed by atoms with E-state index in [-0.39, 0.29) is 24.0 Å². The van der Waals surface area contributed by atoms with Crippen LogP contribution in [-0.4, -0.2) is 35.0 Å². The van der Waals surface area contributed by atoms with Crippen LogP contribution in [0.4, 0.5) is 4.79 Å². The van der Waals surface area contributed by atoms with Gasteiger partial charge in [0.25, 0.3) is 0 Å². The van der Waals surface area contributed by atoms with E-state index in [0.717, 1.165) is 44.9 Å². The maximum Gasteiger partial charge on any atom is 0.318 e. The second-order valence-electron chi connectivity index (χ2n) is 6.18. The van der Waals surface area contributed by atoms with Crippen LogP contribution in [0.1, 0.15) is 51.4 Å². The quantitative estimate of drug-likeness (QED) is 0.796. The summed E-state index contributed by atoms with van der Waals surface area (Å²) in [6, 6.07) is -0.560. The Morgan fingerprint density at radius 1 is 1.05 bits per heavy atom. The molecule has 3 aliphatic rings. The molecule has 1 N–H and O–H groups in total. The van der Waals surface area contributed by atoms with Gasteiger partial charge in [0.1, 0.15) is 0 Å². The Kier molecular flexibility index (Phi) is 3.37. The normalized spacial score (nSPS) is 34.5. The largest absolute Gasteiger partial charge is 0.548 e. The van der Waals surface area contributed by atoms with Crippen molar-refractivity contribution in [2.24, 2.45) is 5.92 Å². The second-order valence-corrected chi connectivity index (χ2v) is 6.18. The number of nitrogens with zero attached hydrogens (tertiary/aromatic N) is 1. The summed E-state index contributed by atoms with van der Waals surface area (Å²) in [4.78, 5) is 25.2. The van der Waals surface area contributed by atoms with E-state index in [2.05, 4.69) is 5.32 Å². The van der Waals surface area contributed by atoms with Crippen molar-refractivity contribution in [2.45, 2.75) is 69.5 Å². The van der Waals surface area contributed by atoms with Crippen molar-refractivity contribution in [2.75, 3.05) is 0 Å². The molecule has 0 spiro atoms. The maximum atomic E-state index is 12.3. The Morgan fingerprint density at radius 3 is 2.47 bits per heavy atom. The van der Waals surface area contributed by atoms with Crippen LogP contribution in [0.25, 0.3) is 0 Å². The summed E-state index contributed by atoms with van der Waals surface area (Å²) in [5.41, 5.74) is 0. The number of likely N-dealkylation sites (tertiary alicyclic amines) is 1. The highest BCUT2D eigenvalue weighted by Crippen LogP contribution is 2.42. The molecule has 3 fully saturated rings. The van der Waals surface area contributed by atoms with Crippen molar-refractivity contribution >= 4 is 12.0 Å². The van der Waals surface area contributed by atoms with Gasteiger partial charge < -0.3 is 20.1 Å². The molecular weight excluding hydrogens is 244 g/mol. The van der Waals surface area contributed by atoms with Crippen LogP contribution in [0.3, 0.4) is 0 Å². The molecule has 0 aromatic carbocycles. The van der Waals surface area contributed by atoms with Crippen molar-refractivity contribution in [3.63, 3.8) is 0 Å². The number of amides is 2. The standard InChI is InChI=1S/C14H22N2O3/c17-13(18)12-9-6-7-11(8-9)16(12)14(19)15-10-4-2-1-3-5-10/h9-12H,1-8H2,(H,15,19)(H,17,18)/p-1/t9-,11+,12+/m0/s1. The van der Waals surface area contributed by atoms with Crippen molar-refractivity contribution in [3.05, 3.63) is 0 Å². The lowest BCUT2D eigenvalue weighted by Crippen LogP contribution is -2.57. The minimum absolute atomic E-state index is 0.104. The number of aliphatic carboxylic acids is 1. The van der Waals surface area contributed by atoms with E-state index in [1.807, 2.05) is 0 Å². The molecule has 0 aromatic rings. The fraction of sp³-hybridized carbons (Fsp3) is 0.857. The van der Waals surface area contributed by atoms with Gasteiger partial charge in [-0.05, 0) is 38.0 Å². The smallest absolute Gasteiger partial charge is 0.318 e. The molecule has 1 aliphatic heterocycles. The first-order chi connectivity index (χ1) is 9.16. The molecule has 2 aliphatic carbocycles. The van der Waals surface area contributed by atoms with Gasteiger partial charge in [-0.2, -0.15) is 0 Å². The topological polar surface area (TPSA) is 72.5 Å². The van der Waals surface area contributed by atoms with E-state index in [9.17, 15) is 14.7 Å².